The molecule has 0 fully saturated rings. The zero-order chi connectivity index (χ0) is 38.0. The van der Waals surface area contributed by atoms with Gasteiger partial charge in [-0.25, -0.2) is 0 Å². The van der Waals surface area contributed by atoms with Crippen molar-refractivity contribution in [2.24, 2.45) is 0 Å². The van der Waals surface area contributed by atoms with E-state index in [4.69, 9.17) is 0 Å². The molecule has 0 amide bonds. The Morgan fingerprint density at radius 2 is 0.604 bits per heavy atom. The minimum atomic E-state index is -5.75. The van der Waals surface area contributed by atoms with Gasteiger partial charge in [0.15, 0.2) is 0 Å². The number of halogens is 6. The summed E-state index contributed by atoms with van der Waals surface area (Å²) in [5, 5.41) is 21.8. The number of alkyl halides is 6. The molecule has 0 aliphatic rings. The van der Waals surface area contributed by atoms with Crippen LogP contribution < -0.4 is 0 Å². The third kappa shape index (κ3) is 7.78. The van der Waals surface area contributed by atoms with Crippen LogP contribution in [-0.4, -0.2) is 22.2 Å². The molecule has 53 heavy (non-hydrogen) atoms. The highest BCUT2D eigenvalue weighted by Gasteiger charge is 2.72. The van der Waals surface area contributed by atoms with Gasteiger partial charge in [0, 0.05) is 43.8 Å². The van der Waals surface area contributed by atoms with Gasteiger partial charge in [-0.15, -0.1) is 0 Å². The van der Waals surface area contributed by atoms with Crippen molar-refractivity contribution in [2.45, 2.75) is 37.3 Å². The average molecular weight is 763 g/mol. The predicted octanol–water partition coefficient (Wildman–Crippen LogP) is 12.6. The van der Waals surface area contributed by atoms with Gasteiger partial charge in [0.05, 0.1) is 9.85 Å². The van der Waals surface area contributed by atoms with Gasteiger partial charge in [-0.1, -0.05) is 96.3 Å². The molecule has 0 atom stereocenters. The number of nitrogens with zero attached hydrogens (tertiary/aromatic N) is 2. The van der Waals surface area contributed by atoms with Crippen LogP contribution in [0.15, 0.2) is 165 Å². The largest absolute Gasteiger partial charge is 0.411 e. The summed E-state index contributed by atoms with van der Waals surface area (Å²) >= 11 is 2.66. The lowest BCUT2D eigenvalue weighted by atomic mass is 9.72. The number of nitro groups is 2. The monoisotopic (exact) mass is 762 g/mol. The first kappa shape index (κ1) is 37.2. The van der Waals surface area contributed by atoms with Crippen LogP contribution in [0, 0.1) is 20.2 Å². The molecule has 0 saturated heterocycles. The fourth-order valence-corrected chi connectivity index (χ4v) is 7.42. The Morgan fingerprint density at radius 3 is 0.830 bits per heavy atom. The van der Waals surface area contributed by atoms with Crippen LogP contribution in [-0.2, 0) is 5.41 Å². The molecule has 0 saturated carbocycles. The van der Waals surface area contributed by atoms with Gasteiger partial charge in [0.1, 0.15) is 0 Å². The molecule has 6 nitrogen and oxygen atoms in total. The Morgan fingerprint density at radius 1 is 0.377 bits per heavy atom. The van der Waals surface area contributed by atoms with Gasteiger partial charge < -0.3 is 0 Å². The van der Waals surface area contributed by atoms with Crippen molar-refractivity contribution >= 4 is 34.9 Å². The van der Waals surface area contributed by atoms with Crippen LogP contribution in [0.5, 0.6) is 0 Å². The molecule has 0 unspecified atom stereocenters. The SMILES string of the molecule is O=[N+]([O-])c1ccc(Sc2ccc(-c3ccc(C(c4ccc(-c5ccc(Sc6ccc([N+](=O)[O-])cc6)cc5)cc4)(C(F)(F)F)C(F)(F)F)cc3)cc2)cc1. The highest BCUT2D eigenvalue weighted by atomic mass is 32.2. The van der Waals surface area contributed by atoms with E-state index in [1.54, 1.807) is 72.8 Å². The molecule has 0 aromatic heterocycles. The van der Waals surface area contributed by atoms with Crippen molar-refractivity contribution < 1.29 is 36.2 Å². The normalized spacial score (nSPS) is 12.0. The fraction of sp³-hybridized carbons (Fsp3) is 0.0769. The summed E-state index contributed by atoms with van der Waals surface area (Å²) in [5.74, 6) is 0. The van der Waals surface area contributed by atoms with Gasteiger partial charge in [-0.05, 0) is 81.9 Å². The molecule has 14 heteroatoms. The first-order valence-corrected chi connectivity index (χ1v) is 17.2. The van der Waals surface area contributed by atoms with E-state index in [2.05, 4.69) is 0 Å². The molecule has 0 heterocycles. The van der Waals surface area contributed by atoms with Gasteiger partial charge in [0.2, 0.25) is 5.41 Å². The molecule has 6 rings (SSSR count). The zero-order valence-electron chi connectivity index (χ0n) is 27.0. The van der Waals surface area contributed by atoms with Crippen molar-refractivity contribution in [1.82, 2.24) is 0 Å². The minimum absolute atomic E-state index is 0.0496. The van der Waals surface area contributed by atoms with Crippen molar-refractivity contribution in [3.63, 3.8) is 0 Å². The van der Waals surface area contributed by atoms with Crippen LogP contribution in [0.4, 0.5) is 37.7 Å². The lowest BCUT2D eigenvalue weighted by Gasteiger charge is -2.38. The summed E-state index contributed by atoms with van der Waals surface area (Å²) in [6.45, 7) is 0. The molecule has 0 aliphatic carbocycles. The Bertz CT molecular complexity index is 2070. The zero-order valence-corrected chi connectivity index (χ0v) is 28.6. The highest BCUT2D eigenvalue weighted by Crippen LogP contribution is 2.56. The van der Waals surface area contributed by atoms with E-state index in [9.17, 15) is 46.6 Å². The number of benzene rings is 6. The van der Waals surface area contributed by atoms with Crippen molar-refractivity contribution in [3.05, 3.63) is 177 Å². The fourth-order valence-electron chi connectivity index (χ4n) is 5.78. The Labute approximate surface area is 306 Å². The summed E-state index contributed by atoms with van der Waals surface area (Å²) in [6.07, 6.45) is -11.5. The quantitative estimate of drug-likeness (QED) is 0.0785. The standard InChI is InChI=1S/C39H24F6N2O4S2/c40-38(41,42)37(39(43,44)45,29-9-1-25(2-10-29)27-5-17-33(18-6-27)52-35-21-13-31(14-22-35)46(48)49)30-11-3-26(4-12-30)28-7-19-34(20-8-28)53-36-23-15-32(16-24-36)47(50)51/h1-24H. The maximum atomic E-state index is 14.9. The van der Waals surface area contributed by atoms with Crippen molar-refractivity contribution in [3.8, 4) is 22.3 Å². The number of non-ortho nitro benzene ring substituents is 2. The van der Waals surface area contributed by atoms with Crippen LogP contribution in [0.2, 0.25) is 0 Å². The molecule has 0 radical (unpaired) electrons. The van der Waals surface area contributed by atoms with Gasteiger partial charge in [-0.2, -0.15) is 26.3 Å². The first-order chi connectivity index (χ1) is 25.2. The predicted molar refractivity (Wildman–Crippen MR) is 191 cm³/mol. The van der Waals surface area contributed by atoms with E-state index in [1.165, 1.54) is 72.1 Å². The van der Waals surface area contributed by atoms with E-state index >= 15 is 0 Å². The second kappa shape index (κ2) is 14.8. The number of nitro benzene ring substituents is 2. The molecular weight excluding hydrogens is 739 g/mol. The van der Waals surface area contributed by atoms with Crippen LogP contribution in [0.1, 0.15) is 11.1 Å². The lowest BCUT2D eigenvalue weighted by Crippen LogP contribution is -2.54. The maximum absolute atomic E-state index is 14.9. The van der Waals surface area contributed by atoms with Crippen LogP contribution in [0.3, 0.4) is 0 Å². The Balaban J connectivity index is 1.23. The third-order valence-electron chi connectivity index (χ3n) is 8.43. The summed E-state index contributed by atoms with van der Waals surface area (Å²) in [7, 11) is 0. The molecule has 0 bridgehead atoms. The lowest BCUT2D eigenvalue weighted by molar-refractivity contribution is -0.385. The Kier molecular flexibility index (Phi) is 10.4. The molecule has 0 N–H and O–H groups in total. The van der Waals surface area contributed by atoms with Gasteiger partial charge in [-0.3, -0.25) is 20.2 Å². The summed E-state index contributed by atoms with van der Waals surface area (Å²) in [6, 6.07) is 33.9. The van der Waals surface area contributed by atoms with Crippen molar-refractivity contribution in [1.29, 1.82) is 0 Å². The number of rotatable bonds is 10. The molecular formula is C39H24F6N2O4S2. The second-order valence-electron chi connectivity index (χ2n) is 11.7. The van der Waals surface area contributed by atoms with E-state index < -0.39 is 38.7 Å². The van der Waals surface area contributed by atoms with Crippen molar-refractivity contribution in [2.75, 3.05) is 0 Å². The average Bonchev–Trinajstić information content (AvgIpc) is 3.12. The topological polar surface area (TPSA) is 86.3 Å². The molecule has 0 aliphatic heterocycles. The van der Waals surface area contributed by atoms with Gasteiger partial charge >= 0.3 is 12.4 Å². The number of hydrogen-bond donors (Lipinski definition) is 0. The second-order valence-corrected chi connectivity index (χ2v) is 13.9. The summed E-state index contributed by atoms with van der Waals surface area (Å²) < 4.78 is 89.2. The van der Waals surface area contributed by atoms with Crippen LogP contribution >= 0.6 is 23.5 Å². The van der Waals surface area contributed by atoms with E-state index in [-0.39, 0.29) is 11.4 Å². The maximum Gasteiger partial charge on any atom is 0.411 e. The smallest absolute Gasteiger partial charge is 0.258 e. The Hall–Kier alpha value is -5.60. The summed E-state index contributed by atoms with van der Waals surface area (Å²) in [5.41, 5.74) is -4.43. The minimum Gasteiger partial charge on any atom is -0.258 e. The van der Waals surface area contributed by atoms with E-state index in [0.29, 0.717) is 22.3 Å². The highest BCUT2D eigenvalue weighted by molar-refractivity contribution is 7.99. The van der Waals surface area contributed by atoms with E-state index in [0.717, 1.165) is 43.8 Å². The molecule has 268 valence electrons. The summed E-state index contributed by atoms with van der Waals surface area (Å²) in [4.78, 5) is 23.8. The first-order valence-electron chi connectivity index (χ1n) is 15.6. The van der Waals surface area contributed by atoms with E-state index in [1.807, 2.05) is 0 Å². The third-order valence-corrected chi connectivity index (χ3v) is 10.5. The molecule has 6 aromatic rings. The van der Waals surface area contributed by atoms with Crippen LogP contribution in [0.25, 0.3) is 22.3 Å². The number of hydrogen-bond acceptors (Lipinski definition) is 6. The molecule has 0 spiro atoms. The molecule has 6 aromatic carbocycles. The van der Waals surface area contributed by atoms with Gasteiger partial charge in [0.25, 0.3) is 11.4 Å².